The number of rotatable bonds is 1. The second-order valence-electron chi connectivity index (χ2n) is 5.01. The minimum absolute atomic E-state index is 0.0783. The Labute approximate surface area is 110 Å². The minimum Gasteiger partial charge on any atom is -0.508 e. The van der Waals surface area contributed by atoms with E-state index in [-0.39, 0.29) is 11.2 Å². The predicted octanol–water partition coefficient (Wildman–Crippen LogP) is 3.73. The molecule has 0 saturated carbocycles. The van der Waals surface area contributed by atoms with Crippen molar-refractivity contribution in [2.24, 2.45) is 0 Å². The van der Waals surface area contributed by atoms with Crippen LogP contribution in [0.15, 0.2) is 45.6 Å². The molecule has 0 fully saturated rings. The fourth-order valence-corrected chi connectivity index (χ4v) is 2.51. The molecule has 0 unspecified atom stereocenters. The lowest BCUT2D eigenvalue weighted by Crippen LogP contribution is -2.02. The van der Waals surface area contributed by atoms with Crippen LogP contribution in [0.5, 0.6) is 5.75 Å². The number of hydrogen-bond donors (Lipinski definition) is 1. The summed E-state index contributed by atoms with van der Waals surface area (Å²) in [6.45, 7) is 4.21. The van der Waals surface area contributed by atoms with Gasteiger partial charge in [0.25, 0.3) is 0 Å². The van der Waals surface area contributed by atoms with Gasteiger partial charge in [0.2, 0.25) is 0 Å². The molecule has 0 radical (unpaired) electrons. The number of aromatic hydroxyl groups is 1. The predicted molar refractivity (Wildman–Crippen MR) is 74.9 cm³/mol. The van der Waals surface area contributed by atoms with E-state index in [2.05, 4.69) is 13.8 Å². The van der Waals surface area contributed by atoms with Crippen LogP contribution >= 0.6 is 0 Å². The SMILES string of the molecule is CC(C)c1c2ccc(=O)cc-2oc2cc(O)ccc12. The van der Waals surface area contributed by atoms with E-state index in [0.29, 0.717) is 17.3 Å². The largest absolute Gasteiger partial charge is 0.508 e. The summed E-state index contributed by atoms with van der Waals surface area (Å²) in [5.74, 6) is 1.02. The smallest absolute Gasteiger partial charge is 0.182 e. The van der Waals surface area contributed by atoms with Crippen LogP contribution in [0.1, 0.15) is 25.3 Å². The van der Waals surface area contributed by atoms with Gasteiger partial charge in [0.1, 0.15) is 17.1 Å². The van der Waals surface area contributed by atoms with E-state index >= 15 is 0 Å². The third-order valence-electron chi connectivity index (χ3n) is 3.30. The van der Waals surface area contributed by atoms with Gasteiger partial charge in [-0.05, 0) is 35.7 Å². The van der Waals surface area contributed by atoms with Gasteiger partial charge >= 0.3 is 0 Å². The molecule has 2 aliphatic rings. The maximum atomic E-state index is 11.5. The number of benzene rings is 2. The van der Waals surface area contributed by atoms with Crippen molar-refractivity contribution in [3.8, 4) is 17.1 Å². The monoisotopic (exact) mass is 254 g/mol. The average molecular weight is 254 g/mol. The van der Waals surface area contributed by atoms with Crippen molar-refractivity contribution in [3.63, 3.8) is 0 Å². The Bertz CT molecular complexity index is 784. The summed E-state index contributed by atoms with van der Waals surface area (Å²) in [5.41, 5.74) is 2.61. The molecule has 3 nitrogen and oxygen atoms in total. The summed E-state index contributed by atoms with van der Waals surface area (Å²) in [5, 5.41) is 10.5. The molecule has 19 heavy (non-hydrogen) atoms. The van der Waals surface area contributed by atoms with Gasteiger partial charge in [-0.1, -0.05) is 13.8 Å². The summed E-state index contributed by atoms with van der Waals surface area (Å²) in [6.07, 6.45) is 0. The lowest BCUT2D eigenvalue weighted by molar-refractivity contribution is 0.474. The van der Waals surface area contributed by atoms with Crippen molar-refractivity contribution in [1.29, 1.82) is 0 Å². The Balaban J connectivity index is 2.53. The van der Waals surface area contributed by atoms with Crippen LogP contribution < -0.4 is 5.43 Å². The lowest BCUT2D eigenvalue weighted by atomic mass is 9.91. The van der Waals surface area contributed by atoms with E-state index in [1.54, 1.807) is 18.2 Å². The first-order chi connectivity index (χ1) is 9.06. The molecule has 0 atom stereocenters. The lowest BCUT2D eigenvalue weighted by Gasteiger charge is -2.17. The van der Waals surface area contributed by atoms with Crippen LogP contribution in [0.25, 0.3) is 22.3 Å². The molecule has 3 heteroatoms. The highest BCUT2D eigenvalue weighted by atomic mass is 16.3. The first-order valence-corrected chi connectivity index (χ1v) is 6.26. The molecule has 0 aromatic heterocycles. The van der Waals surface area contributed by atoms with E-state index in [4.69, 9.17) is 4.42 Å². The van der Waals surface area contributed by atoms with Crippen molar-refractivity contribution in [1.82, 2.24) is 0 Å². The molecule has 0 spiro atoms. The minimum atomic E-state index is -0.0783. The Kier molecular flexibility index (Phi) is 2.56. The zero-order valence-electron chi connectivity index (χ0n) is 10.8. The zero-order valence-corrected chi connectivity index (χ0v) is 10.8. The topological polar surface area (TPSA) is 50.4 Å². The van der Waals surface area contributed by atoms with Crippen LogP contribution in [-0.2, 0) is 0 Å². The second kappa shape index (κ2) is 4.12. The summed E-state index contributed by atoms with van der Waals surface area (Å²) >= 11 is 0. The molecule has 1 aromatic carbocycles. The molecule has 1 aromatic rings. The summed E-state index contributed by atoms with van der Waals surface area (Å²) in [6, 6.07) is 9.94. The Morgan fingerprint density at radius 1 is 1.11 bits per heavy atom. The molecule has 0 bridgehead atoms. The third kappa shape index (κ3) is 1.87. The van der Waals surface area contributed by atoms with Gasteiger partial charge in [0, 0.05) is 23.1 Å². The molecular weight excluding hydrogens is 240 g/mol. The highest BCUT2D eigenvalue weighted by Crippen LogP contribution is 2.37. The molecule has 0 saturated heterocycles. The molecule has 1 heterocycles. The van der Waals surface area contributed by atoms with E-state index in [1.807, 2.05) is 12.1 Å². The van der Waals surface area contributed by atoms with Gasteiger partial charge in [-0.15, -0.1) is 0 Å². The fraction of sp³-hybridized carbons (Fsp3) is 0.188. The van der Waals surface area contributed by atoms with Crippen molar-refractivity contribution < 1.29 is 9.52 Å². The van der Waals surface area contributed by atoms with Gasteiger partial charge in [-0.25, -0.2) is 0 Å². The van der Waals surface area contributed by atoms with Crippen LogP contribution in [0.4, 0.5) is 0 Å². The van der Waals surface area contributed by atoms with Crippen LogP contribution in [0, 0.1) is 0 Å². The highest BCUT2D eigenvalue weighted by molar-refractivity contribution is 5.89. The summed E-state index contributed by atoms with van der Waals surface area (Å²) < 4.78 is 5.74. The molecule has 3 rings (SSSR count). The molecule has 96 valence electrons. The van der Waals surface area contributed by atoms with Gasteiger partial charge in [0.15, 0.2) is 5.43 Å². The van der Waals surface area contributed by atoms with Crippen LogP contribution in [0.2, 0.25) is 0 Å². The third-order valence-corrected chi connectivity index (χ3v) is 3.30. The first-order valence-electron chi connectivity index (χ1n) is 6.26. The van der Waals surface area contributed by atoms with Crippen molar-refractivity contribution in [3.05, 3.63) is 52.2 Å². The van der Waals surface area contributed by atoms with Crippen molar-refractivity contribution in [2.75, 3.05) is 0 Å². The quantitative estimate of drug-likeness (QED) is 0.673. The van der Waals surface area contributed by atoms with E-state index in [0.717, 1.165) is 16.5 Å². The van der Waals surface area contributed by atoms with E-state index < -0.39 is 0 Å². The number of phenols is 1. The highest BCUT2D eigenvalue weighted by Gasteiger charge is 2.17. The van der Waals surface area contributed by atoms with Gasteiger partial charge in [-0.3, -0.25) is 4.79 Å². The average Bonchev–Trinajstić information content (AvgIpc) is 2.35. The number of hydrogen-bond acceptors (Lipinski definition) is 3. The van der Waals surface area contributed by atoms with Gasteiger partial charge in [0.05, 0.1) is 0 Å². The van der Waals surface area contributed by atoms with Crippen LogP contribution in [0.3, 0.4) is 0 Å². The van der Waals surface area contributed by atoms with Gasteiger partial charge in [-0.2, -0.15) is 0 Å². The van der Waals surface area contributed by atoms with Crippen LogP contribution in [-0.4, -0.2) is 5.11 Å². The second-order valence-corrected chi connectivity index (χ2v) is 5.01. The Hall–Kier alpha value is -2.29. The van der Waals surface area contributed by atoms with Gasteiger partial charge < -0.3 is 9.52 Å². The number of phenolic OH excluding ortho intramolecular Hbond substituents is 1. The maximum Gasteiger partial charge on any atom is 0.182 e. The molecule has 1 aliphatic carbocycles. The molecule has 1 aliphatic heterocycles. The normalized spacial score (nSPS) is 11.5. The summed E-state index contributed by atoms with van der Waals surface area (Å²) in [7, 11) is 0. The number of fused-ring (bicyclic) bond motifs is 2. The fourth-order valence-electron chi connectivity index (χ4n) is 2.51. The Morgan fingerprint density at radius 2 is 1.89 bits per heavy atom. The molecular formula is C16H14O3. The van der Waals surface area contributed by atoms with E-state index in [1.165, 1.54) is 6.07 Å². The molecule has 1 N–H and O–H groups in total. The standard InChI is InChI=1S/C16H14O3/c1-9(2)16-12-5-3-10(17)7-14(12)19-15-8-11(18)4-6-13(15)16/h3-9,17H,1-2H3. The van der Waals surface area contributed by atoms with Crippen molar-refractivity contribution in [2.45, 2.75) is 19.8 Å². The first kappa shape index (κ1) is 11.8. The van der Waals surface area contributed by atoms with Crippen molar-refractivity contribution >= 4 is 11.0 Å². The van der Waals surface area contributed by atoms with E-state index in [9.17, 15) is 9.90 Å². The zero-order chi connectivity index (χ0) is 13.6. The summed E-state index contributed by atoms with van der Waals surface area (Å²) in [4.78, 5) is 11.5. The maximum absolute atomic E-state index is 11.5. The Morgan fingerprint density at radius 3 is 2.63 bits per heavy atom. The molecule has 0 amide bonds.